The molecule has 0 bridgehead atoms. The smallest absolute Gasteiger partial charge is 0.269 e. The number of nitrogens with zero attached hydrogens (tertiary/aromatic N) is 2. The van der Waals surface area contributed by atoms with E-state index in [1.807, 2.05) is 55.5 Å². The van der Waals surface area contributed by atoms with E-state index in [-0.39, 0.29) is 5.69 Å². The van der Waals surface area contributed by atoms with Crippen molar-refractivity contribution in [3.63, 3.8) is 0 Å². The van der Waals surface area contributed by atoms with Crippen LogP contribution in [0.15, 0.2) is 77.8 Å². The summed E-state index contributed by atoms with van der Waals surface area (Å²) < 4.78 is 5.21. The van der Waals surface area contributed by atoms with Gasteiger partial charge in [0.15, 0.2) is 0 Å². The normalized spacial score (nSPS) is 11.2. The molecular formula is C21H18N2O3. The minimum atomic E-state index is -0.409. The number of non-ortho nitro benzene ring substituents is 1. The Hall–Kier alpha value is -3.47. The number of hydrogen-bond acceptors (Lipinski definition) is 4. The second-order valence-electron chi connectivity index (χ2n) is 5.83. The van der Waals surface area contributed by atoms with Crippen LogP contribution in [0.25, 0.3) is 0 Å². The monoisotopic (exact) mass is 346 g/mol. The van der Waals surface area contributed by atoms with E-state index in [1.165, 1.54) is 12.1 Å². The summed E-state index contributed by atoms with van der Waals surface area (Å²) >= 11 is 0. The maximum absolute atomic E-state index is 10.9. The summed E-state index contributed by atoms with van der Waals surface area (Å²) in [4.78, 5) is 15.3. The first-order valence-corrected chi connectivity index (χ1v) is 8.11. The largest absolute Gasteiger partial charge is 0.497 e. The molecule has 0 radical (unpaired) electrons. The fourth-order valence-corrected chi connectivity index (χ4v) is 2.53. The molecule has 0 aliphatic rings. The van der Waals surface area contributed by atoms with E-state index < -0.39 is 4.92 Å². The molecule has 26 heavy (non-hydrogen) atoms. The van der Waals surface area contributed by atoms with Gasteiger partial charge in [-0.3, -0.25) is 10.1 Å². The molecule has 0 saturated heterocycles. The van der Waals surface area contributed by atoms with Crippen molar-refractivity contribution in [1.82, 2.24) is 0 Å². The molecule has 0 spiro atoms. The van der Waals surface area contributed by atoms with E-state index in [4.69, 9.17) is 9.73 Å². The summed E-state index contributed by atoms with van der Waals surface area (Å²) in [5.41, 5.74) is 4.48. The second kappa shape index (κ2) is 7.61. The van der Waals surface area contributed by atoms with Gasteiger partial charge in [-0.15, -0.1) is 0 Å². The molecule has 0 saturated carbocycles. The van der Waals surface area contributed by atoms with Crippen LogP contribution in [-0.2, 0) is 0 Å². The van der Waals surface area contributed by atoms with Crippen molar-refractivity contribution >= 4 is 17.1 Å². The average molecular weight is 346 g/mol. The van der Waals surface area contributed by atoms with E-state index in [2.05, 4.69) is 0 Å². The van der Waals surface area contributed by atoms with E-state index >= 15 is 0 Å². The minimum Gasteiger partial charge on any atom is -0.497 e. The molecule has 3 rings (SSSR count). The van der Waals surface area contributed by atoms with Gasteiger partial charge in [-0.05, 0) is 55.5 Å². The van der Waals surface area contributed by atoms with Crippen LogP contribution >= 0.6 is 0 Å². The maximum atomic E-state index is 10.9. The van der Waals surface area contributed by atoms with Crippen LogP contribution in [0.3, 0.4) is 0 Å². The van der Waals surface area contributed by atoms with Crippen molar-refractivity contribution in [3.05, 3.63) is 99.6 Å². The minimum absolute atomic E-state index is 0.0539. The SMILES string of the molecule is COc1ccc(C(=Nc2ccc(C)cc2)c2ccc([N+](=O)[O-])cc2)cc1. The zero-order chi connectivity index (χ0) is 18.5. The van der Waals surface area contributed by atoms with E-state index in [0.29, 0.717) is 0 Å². The van der Waals surface area contributed by atoms with Gasteiger partial charge in [0.25, 0.3) is 5.69 Å². The Morgan fingerprint density at radius 3 is 1.92 bits per heavy atom. The fourth-order valence-electron chi connectivity index (χ4n) is 2.53. The molecule has 3 aromatic rings. The molecule has 0 heterocycles. The molecule has 0 unspecified atom stereocenters. The third-order valence-corrected chi connectivity index (χ3v) is 3.99. The molecule has 0 amide bonds. The topological polar surface area (TPSA) is 64.7 Å². The highest BCUT2D eigenvalue weighted by Crippen LogP contribution is 2.22. The second-order valence-corrected chi connectivity index (χ2v) is 5.83. The Kier molecular flexibility index (Phi) is 5.08. The first-order valence-electron chi connectivity index (χ1n) is 8.11. The van der Waals surface area contributed by atoms with Gasteiger partial charge in [-0.25, -0.2) is 4.99 Å². The Morgan fingerprint density at radius 2 is 1.42 bits per heavy atom. The standard InChI is InChI=1S/C21H18N2O3/c1-15-3-9-18(10-4-15)22-21(17-7-13-20(26-2)14-8-17)16-5-11-19(12-6-16)23(24)25/h3-14H,1-2H3. The van der Waals surface area contributed by atoms with Gasteiger partial charge in [0.1, 0.15) is 5.75 Å². The summed E-state index contributed by atoms with van der Waals surface area (Å²) in [6, 6.07) is 21.9. The average Bonchev–Trinajstić information content (AvgIpc) is 2.68. The fraction of sp³-hybridized carbons (Fsp3) is 0.0952. The van der Waals surface area contributed by atoms with Crippen LogP contribution in [0, 0.1) is 17.0 Å². The molecule has 130 valence electrons. The summed E-state index contributed by atoms with van der Waals surface area (Å²) in [5.74, 6) is 0.757. The van der Waals surface area contributed by atoms with Gasteiger partial charge >= 0.3 is 0 Å². The summed E-state index contributed by atoms with van der Waals surface area (Å²) in [6.07, 6.45) is 0. The Morgan fingerprint density at radius 1 is 0.885 bits per heavy atom. The molecule has 3 aromatic carbocycles. The predicted molar refractivity (Wildman–Crippen MR) is 103 cm³/mol. The zero-order valence-corrected chi connectivity index (χ0v) is 14.5. The van der Waals surface area contributed by atoms with Crippen LogP contribution in [0.1, 0.15) is 16.7 Å². The lowest BCUT2D eigenvalue weighted by Gasteiger charge is -2.09. The van der Waals surface area contributed by atoms with Gasteiger partial charge in [0, 0.05) is 23.3 Å². The molecule has 0 aromatic heterocycles. The zero-order valence-electron chi connectivity index (χ0n) is 14.5. The van der Waals surface area contributed by atoms with Crippen LogP contribution in [0.4, 0.5) is 11.4 Å². The van der Waals surface area contributed by atoms with Crippen LogP contribution in [0.2, 0.25) is 0 Å². The molecule has 5 heteroatoms. The van der Waals surface area contributed by atoms with Gasteiger partial charge in [-0.2, -0.15) is 0 Å². The van der Waals surface area contributed by atoms with Gasteiger partial charge in [0.05, 0.1) is 23.4 Å². The van der Waals surface area contributed by atoms with Gasteiger partial charge < -0.3 is 4.74 Å². The molecule has 0 atom stereocenters. The van der Waals surface area contributed by atoms with E-state index in [9.17, 15) is 10.1 Å². The lowest BCUT2D eigenvalue weighted by atomic mass is 10.0. The van der Waals surface area contributed by atoms with Crippen molar-refractivity contribution < 1.29 is 9.66 Å². The number of ether oxygens (including phenoxy) is 1. The third-order valence-electron chi connectivity index (χ3n) is 3.99. The van der Waals surface area contributed by atoms with Gasteiger partial charge in [0.2, 0.25) is 0 Å². The summed E-state index contributed by atoms with van der Waals surface area (Å²) in [5, 5.41) is 10.9. The summed E-state index contributed by atoms with van der Waals surface area (Å²) in [7, 11) is 1.62. The maximum Gasteiger partial charge on any atom is 0.269 e. The quantitative estimate of drug-likeness (QED) is 0.367. The lowest BCUT2D eigenvalue weighted by molar-refractivity contribution is -0.384. The number of aryl methyl sites for hydroxylation is 1. The number of benzene rings is 3. The molecule has 0 N–H and O–H groups in total. The highest BCUT2D eigenvalue weighted by atomic mass is 16.6. The van der Waals surface area contributed by atoms with Crippen LogP contribution in [0.5, 0.6) is 5.75 Å². The number of nitro groups is 1. The molecule has 0 aliphatic carbocycles. The molecular weight excluding hydrogens is 328 g/mol. The van der Waals surface area contributed by atoms with Gasteiger partial charge in [-0.1, -0.05) is 17.7 Å². The first kappa shape index (κ1) is 17.4. The Balaban J connectivity index is 2.08. The number of nitro benzene ring substituents is 1. The Bertz CT molecular complexity index is 929. The lowest BCUT2D eigenvalue weighted by Crippen LogP contribution is -2.03. The molecule has 0 fully saturated rings. The highest BCUT2D eigenvalue weighted by molar-refractivity contribution is 6.14. The third kappa shape index (κ3) is 3.95. The van der Waals surface area contributed by atoms with Crippen molar-refractivity contribution in [3.8, 4) is 5.75 Å². The van der Waals surface area contributed by atoms with Crippen molar-refractivity contribution in [2.75, 3.05) is 7.11 Å². The summed E-state index contributed by atoms with van der Waals surface area (Å²) in [6.45, 7) is 2.02. The first-order chi connectivity index (χ1) is 12.6. The number of methoxy groups -OCH3 is 1. The van der Waals surface area contributed by atoms with E-state index in [0.717, 1.165) is 33.8 Å². The molecule has 5 nitrogen and oxygen atoms in total. The van der Waals surface area contributed by atoms with Crippen molar-refractivity contribution in [2.24, 2.45) is 4.99 Å². The van der Waals surface area contributed by atoms with Crippen LogP contribution < -0.4 is 4.74 Å². The number of hydrogen-bond donors (Lipinski definition) is 0. The number of rotatable bonds is 5. The Labute approximate surface area is 151 Å². The van der Waals surface area contributed by atoms with Crippen molar-refractivity contribution in [2.45, 2.75) is 6.92 Å². The van der Waals surface area contributed by atoms with Crippen molar-refractivity contribution in [1.29, 1.82) is 0 Å². The van der Waals surface area contributed by atoms with Crippen LogP contribution in [-0.4, -0.2) is 17.7 Å². The number of aliphatic imine (C=N–C) groups is 1. The predicted octanol–water partition coefficient (Wildman–Crippen LogP) is 5.08. The van der Waals surface area contributed by atoms with E-state index in [1.54, 1.807) is 19.2 Å². The highest BCUT2D eigenvalue weighted by Gasteiger charge is 2.11. The molecule has 0 aliphatic heterocycles.